The summed E-state index contributed by atoms with van der Waals surface area (Å²) in [7, 11) is 0. The summed E-state index contributed by atoms with van der Waals surface area (Å²) in [6.45, 7) is 1.53. The van der Waals surface area contributed by atoms with Crippen LogP contribution in [0.15, 0.2) is 24.3 Å². The molecule has 0 atom stereocenters. The van der Waals surface area contributed by atoms with Crippen molar-refractivity contribution in [2.45, 2.75) is 44.9 Å². The fraction of sp³-hybridized carbons (Fsp3) is 0.550. The van der Waals surface area contributed by atoms with Crippen molar-refractivity contribution in [2.75, 3.05) is 13.1 Å². The Morgan fingerprint density at radius 3 is 2.24 bits per heavy atom. The molecule has 1 heterocycles. The smallest absolute Gasteiger partial charge is 0.303 e. The zero-order valence-corrected chi connectivity index (χ0v) is 14.4. The summed E-state index contributed by atoms with van der Waals surface area (Å²) in [6.07, 6.45) is 6.47. The molecule has 2 fully saturated rings. The fourth-order valence-corrected chi connectivity index (χ4v) is 4.30. The Kier molecular flexibility index (Phi) is 5.08. The van der Waals surface area contributed by atoms with E-state index in [0.717, 1.165) is 51.6 Å². The molecule has 1 saturated carbocycles. The molecule has 0 aromatic heterocycles. The molecule has 1 saturated heterocycles. The third-order valence-corrected chi connectivity index (χ3v) is 6.00. The molecule has 2 aliphatic rings. The highest BCUT2D eigenvalue weighted by Gasteiger charge is 2.39. The summed E-state index contributed by atoms with van der Waals surface area (Å²) in [5, 5.41) is 17.8. The summed E-state index contributed by atoms with van der Waals surface area (Å²) < 4.78 is 0. The first kappa shape index (κ1) is 17.5. The highest BCUT2D eigenvalue weighted by atomic mass is 16.4. The summed E-state index contributed by atoms with van der Waals surface area (Å²) in [5.74, 6) is -0.330. The van der Waals surface area contributed by atoms with Gasteiger partial charge in [-0.2, -0.15) is 5.26 Å². The predicted octanol–water partition coefficient (Wildman–Crippen LogP) is 3.45. The molecule has 3 rings (SSSR count). The van der Waals surface area contributed by atoms with Crippen molar-refractivity contribution in [2.24, 2.45) is 11.3 Å². The van der Waals surface area contributed by atoms with E-state index in [4.69, 9.17) is 10.4 Å². The van der Waals surface area contributed by atoms with Crippen molar-refractivity contribution in [1.82, 2.24) is 4.90 Å². The van der Waals surface area contributed by atoms with Crippen LogP contribution in [0.4, 0.5) is 0 Å². The number of carboxylic acids is 1. The number of carboxylic acid groups (broad SMARTS) is 1. The van der Waals surface area contributed by atoms with Gasteiger partial charge >= 0.3 is 5.97 Å². The summed E-state index contributed by atoms with van der Waals surface area (Å²) in [5.41, 5.74) is 1.50. The van der Waals surface area contributed by atoms with Crippen molar-refractivity contribution in [3.05, 3.63) is 35.4 Å². The Balaban J connectivity index is 1.54. The van der Waals surface area contributed by atoms with E-state index in [1.165, 1.54) is 0 Å². The molecule has 5 nitrogen and oxygen atoms in total. The van der Waals surface area contributed by atoms with Gasteiger partial charge < -0.3 is 10.0 Å². The number of nitrogens with zero attached hydrogens (tertiary/aromatic N) is 2. The van der Waals surface area contributed by atoms with Crippen molar-refractivity contribution in [3.63, 3.8) is 0 Å². The SMILES string of the molecule is N#Cc1ccc(C(=O)N2CCC3(CCC(CC(=O)O)CC3)CC2)cc1. The van der Waals surface area contributed by atoms with Gasteiger partial charge in [-0.3, -0.25) is 9.59 Å². The van der Waals surface area contributed by atoms with E-state index in [-0.39, 0.29) is 5.91 Å². The molecule has 1 amide bonds. The van der Waals surface area contributed by atoms with Crippen LogP contribution in [-0.2, 0) is 4.79 Å². The predicted molar refractivity (Wildman–Crippen MR) is 92.9 cm³/mol. The molecule has 1 aromatic rings. The van der Waals surface area contributed by atoms with E-state index in [2.05, 4.69) is 6.07 Å². The molecule has 1 aliphatic heterocycles. The Hall–Kier alpha value is -2.35. The monoisotopic (exact) mass is 340 g/mol. The van der Waals surface area contributed by atoms with Crippen LogP contribution in [0.2, 0.25) is 0 Å². The molecular formula is C20H24N2O3. The van der Waals surface area contributed by atoms with Gasteiger partial charge in [0.2, 0.25) is 0 Å². The van der Waals surface area contributed by atoms with Gasteiger partial charge in [-0.05, 0) is 74.1 Å². The maximum atomic E-state index is 12.6. The molecule has 132 valence electrons. The molecule has 1 aliphatic carbocycles. The van der Waals surface area contributed by atoms with E-state index in [1.54, 1.807) is 24.3 Å². The van der Waals surface area contributed by atoms with Gasteiger partial charge in [-0.1, -0.05) is 0 Å². The number of amides is 1. The summed E-state index contributed by atoms with van der Waals surface area (Å²) in [4.78, 5) is 25.4. The zero-order valence-electron chi connectivity index (χ0n) is 14.4. The third kappa shape index (κ3) is 4.01. The molecule has 1 aromatic carbocycles. The van der Waals surface area contributed by atoms with E-state index in [0.29, 0.717) is 28.9 Å². The minimum absolute atomic E-state index is 0.0407. The summed E-state index contributed by atoms with van der Waals surface area (Å²) >= 11 is 0. The first-order valence-electron chi connectivity index (χ1n) is 9.03. The minimum Gasteiger partial charge on any atom is -0.481 e. The lowest BCUT2D eigenvalue weighted by atomic mass is 9.65. The van der Waals surface area contributed by atoms with Crippen LogP contribution in [0, 0.1) is 22.7 Å². The minimum atomic E-state index is -0.691. The number of likely N-dealkylation sites (tertiary alicyclic amines) is 1. The maximum Gasteiger partial charge on any atom is 0.303 e. The van der Waals surface area contributed by atoms with Crippen LogP contribution in [0.3, 0.4) is 0 Å². The second-order valence-corrected chi connectivity index (χ2v) is 7.52. The second kappa shape index (κ2) is 7.26. The largest absolute Gasteiger partial charge is 0.481 e. The number of aliphatic carboxylic acids is 1. The van der Waals surface area contributed by atoms with Gasteiger partial charge in [-0.25, -0.2) is 0 Å². The number of carbonyl (C=O) groups excluding carboxylic acids is 1. The molecule has 25 heavy (non-hydrogen) atoms. The number of hydrogen-bond acceptors (Lipinski definition) is 3. The number of nitriles is 1. The molecule has 0 bridgehead atoms. The Bertz CT molecular complexity index is 672. The van der Waals surface area contributed by atoms with Crippen molar-refractivity contribution >= 4 is 11.9 Å². The van der Waals surface area contributed by atoms with Gasteiger partial charge in [0.05, 0.1) is 11.6 Å². The molecule has 0 unspecified atom stereocenters. The molecule has 5 heteroatoms. The van der Waals surface area contributed by atoms with Crippen LogP contribution >= 0.6 is 0 Å². The van der Waals surface area contributed by atoms with E-state index < -0.39 is 5.97 Å². The quantitative estimate of drug-likeness (QED) is 0.914. The highest BCUT2D eigenvalue weighted by molar-refractivity contribution is 5.94. The van der Waals surface area contributed by atoms with Crippen LogP contribution in [0.1, 0.15) is 60.9 Å². The number of benzene rings is 1. The van der Waals surface area contributed by atoms with Crippen molar-refractivity contribution < 1.29 is 14.7 Å². The van der Waals surface area contributed by atoms with E-state index >= 15 is 0 Å². The average Bonchev–Trinajstić information content (AvgIpc) is 2.64. The lowest BCUT2D eigenvalue weighted by Gasteiger charge is -2.46. The van der Waals surface area contributed by atoms with Crippen molar-refractivity contribution in [1.29, 1.82) is 5.26 Å². The number of rotatable bonds is 3. The van der Waals surface area contributed by atoms with Crippen molar-refractivity contribution in [3.8, 4) is 6.07 Å². The zero-order chi connectivity index (χ0) is 17.9. The van der Waals surface area contributed by atoms with Crippen LogP contribution < -0.4 is 0 Å². The lowest BCUT2D eigenvalue weighted by molar-refractivity contribution is -0.138. The van der Waals surface area contributed by atoms with Crippen LogP contribution in [-0.4, -0.2) is 35.0 Å². The normalized spacial score (nSPS) is 20.2. The standard InChI is InChI=1S/C20H24N2O3/c21-14-16-1-3-17(4-2-16)19(25)22-11-9-20(10-12-22)7-5-15(6-8-20)13-18(23)24/h1-4,15H,5-13H2,(H,23,24). The Morgan fingerprint density at radius 2 is 1.72 bits per heavy atom. The van der Waals surface area contributed by atoms with E-state index in [9.17, 15) is 9.59 Å². The van der Waals surface area contributed by atoms with Gasteiger partial charge in [-0.15, -0.1) is 0 Å². The molecule has 1 N–H and O–H groups in total. The Morgan fingerprint density at radius 1 is 1.12 bits per heavy atom. The Labute approximate surface area is 148 Å². The van der Waals surface area contributed by atoms with Crippen LogP contribution in [0.25, 0.3) is 0 Å². The number of hydrogen-bond donors (Lipinski definition) is 1. The molecular weight excluding hydrogens is 316 g/mol. The molecule has 0 radical (unpaired) electrons. The average molecular weight is 340 g/mol. The van der Waals surface area contributed by atoms with Gasteiger partial charge in [0.15, 0.2) is 0 Å². The van der Waals surface area contributed by atoms with Gasteiger partial charge in [0, 0.05) is 25.1 Å². The number of piperidine rings is 1. The first-order valence-corrected chi connectivity index (χ1v) is 9.03. The van der Waals surface area contributed by atoms with Gasteiger partial charge in [0.25, 0.3) is 5.91 Å². The lowest BCUT2D eigenvalue weighted by Crippen LogP contribution is -2.44. The fourth-order valence-electron chi connectivity index (χ4n) is 4.30. The van der Waals surface area contributed by atoms with Gasteiger partial charge in [0.1, 0.15) is 0 Å². The maximum absolute atomic E-state index is 12.6. The molecule has 1 spiro atoms. The topological polar surface area (TPSA) is 81.4 Å². The first-order chi connectivity index (χ1) is 12.0. The number of carbonyl (C=O) groups is 2. The van der Waals surface area contributed by atoms with E-state index in [1.807, 2.05) is 4.90 Å². The summed E-state index contributed by atoms with van der Waals surface area (Å²) in [6, 6.07) is 8.88. The van der Waals surface area contributed by atoms with Crippen LogP contribution in [0.5, 0.6) is 0 Å². The highest BCUT2D eigenvalue weighted by Crippen LogP contribution is 2.47. The third-order valence-electron chi connectivity index (χ3n) is 6.00. The second-order valence-electron chi connectivity index (χ2n) is 7.52.